The van der Waals surface area contributed by atoms with Crippen LogP contribution in [0.1, 0.15) is 89.9 Å². The molecule has 5 saturated heterocycles. The van der Waals surface area contributed by atoms with Gasteiger partial charge < -0.3 is 98.1 Å². The van der Waals surface area contributed by atoms with Crippen molar-refractivity contribution in [1.82, 2.24) is 99.3 Å². The van der Waals surface area contributed by atoms with Crippen molar-refractivity contribution in [2.45, 2.75) is 96.7 Å². The molecule has 0 unspecified atom stereocenters. The number of rotatable bonds is 15. The third-order valence-electron chi connectivity index (χ3n) is 21.0. The Bertz CT molecular complexity index is 6150. The standard InChI is InChI=1S/5C16H20N6O/c5*1-11-5-7-22(14(23)8-17-2)9-13(11)21(3)16-12-4-6-18-15(12)19-10-20-16/h5*4,6,10-11,13H,5,7-9H2,1,3H3,(H,18,19,20)/t5*11-,13+/m11111/s1/i10D,11D,13D;1D3,10D,13D;1D3,10D,11D;10D,13D;10D,11D. The Balaban J connectivity index is 0.000000159. The molecule has 10 atom stereocenters. The summed E-state index contributed by atoms with van der Waals surface area (Å²) in [5.74, 6) is -4.45. The maximum absolute atomic E-state index is 12.2. The summed E-state index contributed by atoms with van der Waals surface area (Å²) in [6.45, 7) is 35.7. The predicted molar refractivity (Wildman–Crippen MR) is 440 cm³/mol. The summed E-state index contributed by atoms with van der Waals surface area (Å²) in [7, 11) is 8.39. The minimum atomic E-state index is -2.59. The van der Waals surface area contributed by atoms with Crippen molar-refractivity contribution in [1.29, 1.82) is 0 Å². The average molecular weight is 1580 g/mol. The van der Waals surface area contributed by atoms with Crippen LogP contribution in [0.5, 0.6) is 0 Å². The van der Waals surface area contributed by atoms with Gasteiger partial charge in [-0.25, -0.2) is 82.7 Å². The lowest BCUT2D eigenvalue weighted by Gasteiger charge is -2.41. The van der Waals surface area contributed by atoms with Crippen molar-refractivity contribution < 1.29 is 47.3 Å². The second kappa shape index (κ2) is 38.4. The molecule has 10 aromatic heterocycles. The SMILES string of the molecule is [2H]c1nc(N(C)[C@@]2([2H])CN(C(=O)C[N+]#[C-])CC[C@@]2([2H])C)c2cc[nH]c2n1.[2H]c1nc(N(C)[C@@]2([2H])CN(C(=O)C[N+]#[C-])CC[C@H]2C([2H])([2H])[2H])c2cc[nH]c2n1.[2H]c1nc(N(C)[C@@]2([2H])CN(C(=O)C[N+]#[C-])CC[C@H]2C)c2cc[nH]c2n1.[2H]c1nc(N(C)[C@H]2CN(C(=O)C[N+]#[C-])CC[C@@]2([2H])C([2H])([2H])[2H])c2cc[nH]c2n1.[2H]c1nc(N(C)[C@H]2CN(C(=O)C[N+]#[C-])CC[C@@]2([2H])C)c2cc[nH]c2n1. The fourth-order valence-corrected chi connectivity index (χ4v) is 14.4. The summed E-state index contributed by atoms with van der Waals surface area (Å²) in [4.78, 5) is 148. The summed E-state index contributed by atoms with van der Waals surface area (Å²) < 4.78 is 140. The first-order valence-corrected chi connectivity index (χ1v) is 36.9. The Hall–Kier alpha value is -13.1. The number of carbonyl (C=O) groups is 5. The highest BCUT2D eigenvalue weighted by Gasteiger charge is 2.39. The molecule has 0 spiro atoms. The molecule has 5 amide bonds. The molecule has 35 nitrogen and oxygen atoms in total. The first-order valence-electron chi connectivity index (χ1n) is 45.4. The third kappa shape index (κ3) is 19.2. The number of nitrogens with one attached hydrogen (secondary N) is 5. The van der Waals surface area contributed by atoms with Gasteiger partial charge >= 0.3 is 29.5 Å². The van der Waals surface area contributed by atoms with Crippen LogP contribution in [0.2, 0.25) is 0 Å². The van der Waals surface area contributed by atoms with Gasteiger partial charge in [0.15, 0.2) is 0 Å². The lowest BCUT2D eigenvalue weighted by atomic mass is 9.92. The molecule has 35 heteroatoms. The number of piperidine rings is 5. The van der Waals surface area contributed by atoms with Crippen LogP contribution < -0.4 is 24.5 Å². The van der Waals surface area contributed by atoms with Gasteiger partial charge in [0.2, 0.25) is 0 Å². The first-order chi connectivity index (χ1) is 62.0. The van der Waals surface area contributed by atoms with Crippen LogP contribution in [-0.2, 0) is 24.0 Å². The molecule has 0 saturated carbocycles. The van der Waals surface area contributed by atoms with Gasteiger partial charge in [-0.05, 0) is 92.0 Å². The van der Waals surface area contributed by atoms with E-state index in [1.54, 1.807) is 109 Å². The molecule has 15 heterocycles. The summed E-state index contributed by atoms with van der Waals surface area (Å²) >= 11 is 0. The number of carbonyl (C=O) groups excluding carboxylic acids is 5. The zero-order valence-corrected chi connectivity index (χ0v) is 64.9. The van der Waals surface area contributed by atoms with Crippen LogP contribution in [0.25, 0.3) is 79.4 Å². The maximum Gasteiger partial charge on any atom is 0.302 e. The molecule has 5 aliphatic rings. The van der Waals surface area contributed by atoms with E-state index in [-0.39, 0.29) is 152 Å². The molecule has 15 rings (SSSR count). The molecule has 115 heavy (non-hydrogen) atoms. The summed E-state index contributed by atoms with van der Waals surface area (Å²) in [5.41, 5.74) is 2.45. The number of nitrogens with zero attached hydrogens (tertiary/aromatic N) is 25. The minimum absolute atomic E-state index is 0.00682. The number of fused-ring (bicyclic) bond motifs is 5. The summed E-state index contributed by atoms with van der Waals surface area (Å²) in [6.07, 6.45) is 9.04. The first kappa shape index (κ1) is 62.4. The lowest BCUT2D eigenvalue weighted by Crippen LogP contribution is -2.53. The van der Waals surface area contributed by atoms with Crippen LogP contribution in [0.4, 0.5) is 29.1 Å². The molecule has 0 aliphatic carbocycles. The van der Waals surface area contributed by atoms with E-state index in [9.17, 15) is 24.0 Å². The second-order valence-electron chi connectivity index (χ2n) is 27.9. The number of hydrogen-bond acceptors (Lipinski definition) is 20. The number of likely N-dealkylation sites (tertiary alicyclic amines) is 5. The highest BCUT2D eigenvalue weighted by Crippen LogP contribution is 2.35. The van der Waals surface area contributed by atoms with Crippen molar-refractivity contribution >= 4 is 114 Å². The van der Waals surface area contributed by atoms with Crippen LogP contribution in [-0.4, -0.2) is 292 Å². The predicted octanol–water partition coefficient (Wildman–Crippen LogP) is 7.75. The molecule has 5 N–H and O–H groups in total. The van der Waals surface area contributed by atoms with Crippen LogP contribution >= 0.6 is 0 Å². The molecular formula is C80H100N30O5. The van der Waals surface area contributed by atoms with Gasteiger partial charge in [0, 0.05) is 144 Å². The number of anilines is 5. The molecular weight excluding hydrogens is 1460 g/mol. The van der Waals surface area contributed by atoms with Crippen molar-refractivity contribution in [2.75, 3.05) is 158 Å². The Labute approximate surface area is 692 Å². The highest BCUT2D eigenvalue weighted by atomic mass is 16.2. The Morgan fingerprint density at radius 3 is 0.957 bits per heavy atom. The largest absolute Gasteiger partial charge is 0.354 e. The van der Waals surface area contributed by atoms with Gasteiger partial charge in [-0.3, -0.25) is 24.0 Å². The molecule has 10 aromatic rings. The number of aromatic amines is 5. The van der Waals surface area contributed by atoms with E-state index in [0.29, 0.717) is 113 Å². The van der Waals surface area contributed by atoms with Gasteiger partial charge in [-0.1, -0.05) is 34.5 Å². The fraction of sp³-hybridized carbons (Fsp3) is 0.500. The summed E-state index contributed by atoms with van der Waals surface area (Å²) in [6, 6.07) is 3.31. The van der Waals surface area contributed by atoms with E-state index in [1.165, 1.54) is 19.6 Å². The number of likely N-dealkylation sites (N-methyl/N-ethyl adjacent to an activating group) is 5. The van der Waals surface area contributed by atoms with E-state index in [1.807, 2.05) is 37.9 Å². The van der Waals surface area contributed by atoms with Crippen molar-refractivity contribution in [3.8, 4) is 0 Å². The van der Waals surface area contributed by atoms with Gasteiger partial charge in [-0.2, -0.15) is 0 Å². The van der Waals surface area contributed by atoms with E-state index in [4.69, 9.17) is 56.2 Å². The molecule has 0 bridgehead atoms. The fourth-order valence-electron chi connectivity index (χ4n) is 14.4. The van der Waals surface area contributed by atoms with Crippen molar-refractivity contribution in [3.63, 3.8) is 0 Å². The zero-order chi connectivity index (χ0) is 96.9. The van der Waals surface area contributed by atoms with Gasteiger partial charge in [0.1, 0.15) is 95.7 Å². The number of hydrogen-bond donors (Lipinski definition) is 5. The zero-order valence-electron chi connectivity index (χ0n) is 81.9. The number of aromatic nitrogens is 15. The number of H-pyrrole nitrogens is 5. The second-order valence-corrected chi connectivity index (χ2v) is 27.9. The van der Waals surface area contributed by atoms with E-state index < -0.39 is 73.2 Å². The van der Waals surface area contributed by atoms with Crippen LogP contribution in [0.3, 0.4) is 0 Å². The van der Waals surface area contributed by atoms with E-state index >= 15 is 0 Å². The van der Waals surface area contributed by atoms with Crippen molar-refractivity contribution in [2.24, 2.45) is 29.5 Å². The Morgan fingerprint density at radius 1 is 0.374 bits per heavy atom. The van der Waals surface area contributed by atoms with Crippen LogP contribution in [0, 0.1) is 62.4 Å². The summed E-state index contributed by atoms with van der Waals surface area (Å²) in [5, 5.41) is 3.31. The normalized spacial score (nSPS) is 27.4. The van der Waals surface area contributed by atoms with Crippen molar-refractivity contribution in [3.05, 3.63) is 150 Å². The molecule has 0 aromatic carbocycles. The van der Waals surface area contributed by atoms with Gasteiger partial charge in [-0.15, -0.1) is 0 Å². The average Bonchev–Trinajstić information content (AvgIpc) is 1.08. The van der Waals surface area contributed by atoms with E-state index in [0.717, 1.165) is 10.8 Å². The quantitative estimate of drug-likeness (QED) is 0.0612. The lowest BCUT2D eigenvalue weighted by molar-refractivity contribution is -0.131. The number of amides is 5. The third-order valence-corrected chi connectivity index (χ3v) is 21.0. The van der Waals surface area contributed by atoms with Gasteiger partial charge in [0.05, 0.1) is 61.2 Å². The Morgan fingerprint density at radius 2 is 0.635 bits per heavy atom. The maximum atomic E-state index is 12.2. The van der Waals surface area contributed by atoms with E-state index in [2.05, 4.69) is 99.0 Å². The smallest absolute Gasteiger partial charge is 0.302 e. The van der Waals surface area contributed by atoms with Crippen LogP contribution in [0.15, 0.2) is 92.8 Å². The Kier molecular flexibility index (Phi) is 20.9. The molecule has 0 radical (unpaired) electrons. The monoisotopic (exact) mass is 1580 g/mol. The van der Waals surface area contributed by atoms with Gasteiger partial charge in [0.25, 0.3) is 32.7 Å². The topological polar surface area (TPSA) is 347 Å². The molecule has 600 valence electrons. The highest BCUT2D eigenvalue weighted by molar-refractivity contribution is 5.91. The molecule has 5 fully saturated rings. The molecule has 5 aliphatic heterocycles. The minimum Gasteiger partial charge on any atom is -0.354 e.